The molecule has 9 aliphatic rings. The van der Waals surface area contributed by atoms with Crippen LogP contribution in [-0.2, 0) is 33.9 Å². The molecule has 0 aromatic carbocycles. The molecule has 24 heteroatoms. The molecule has 0 aliphatic carbocycles. The number of nitrogens with one attached hydrogen (secondary N) is 6. The predicted octanol–water partition coefficient (Wildman–Crippen LogP) is 27.4. The van der Waals surface area contributed by atoms with Crippen molar-refractivity contribution in [2.45, 2.75) is 533 Å². The highest BCUT2D eigenvalue weighted by atomic mass is 32.2. The van der Waals surface area contributed by atoms with Crippen molar-refractivity contribution >= 4 is 37.8 Å². The minimum atomic E-state index is -2.83. The molecule has 792 valence electrons. The third kappa shape index (κ3) is 98.5. The number of nitrogens with zero attached hydrogens (tertiary/aromatic N) is 3. The number of carboxylic acids is 1. The number of piperidine rings is 1. The van der Waals surface area contributed by atoms with E-state index in [2.05, 4.69) is 291 Å². The molecular formula is C106H230F3N9O10S2. The lowest BCUT2D eigenvalue weighted by atomic mass is 10.0. The van der Waals surface area contributed by atoms with E-state index in [1.54, 1.807) is 0 Å². The predicted molar refractivity (Wildman–Crippen MR) is 565 cm³/mol. The normalized spacial score (nSPS) is 24.0. The summed E-state index contributed by atoms with van der Waals surface area (Å²) < 4.78 is 92.2. The van der Waals surface area contributed by atoms with Crippen LogP contribution in [0.3, 0.4) is 0 Å². The molecular weight excluding hydrogens is 1680 g/mol. The van der Waals surface area contributed by atoms with Crippen LogP contribution in [0.25, 0.3) is 0 Å². The first kappa shape index (κ1) is 145. The van der Waals surface area contributed by atoms with Gasteiger partial charge >= 0.3 is 18.2 Å². The lowest BCUT2D eigenvalue weighted by molar-refractivity contribution is -0.138. The number of carbonyl (C=O) groups excluding carboxylic acids is 2. The monoisotopic (exact) mass is 1910 g/mol. The Bertz CT molecular complexity index is 2490. The number of halogens is 3. The molecule has 0 aromatic heterocycles. The van der Waals surface area contributed by atoms with Crippen molar-refractivity contribution in [2.75, 3.05) is 84.8 Å². The van der Waals surface area contributed by atoms with Gasteiger partial charge in [0.1, 0.15) is 31.3 Å². The first-order valence-corrected chi connectivity index (χ1v) is 57.1. The van der Waals surface area contributed by atoms with E-state index in [4.69, 9.17) is 14.6 Å². The van der Waals surface area contributed by atoms with Crippen molar-refractivity contribution in [2.24, 2.45) is 53.3 Å². The fourth-order valence-corrected chi connectivity index (χ4v) is 16.9. The van der Waals surface area contributed by atoms with Crippen molar-refractivity contribution < 1.29 is 59.0 Å². The van der Waals surface area contributed by atoms with Gasteiger partial charge in [0, 0.05) is 81.5 Å². The van der Waals surface area contributed by atoms with Crippen molar-refractivity contribution in [1.29, 1.82) is 0 Å². The number of rotatable bonds is 24. The zero-order chi connectivity index (χ0) is 103. The Balaban J connectivity index is -0.000000175. The molecule has 9 rings (SSSR count). The Kier molecular flexibility index (Phi) is 107. The number of alkyl halides is 3. The first-order chi connectivity index (χ1) is 60.7. The second-order valence-corrected chi connectivity index (χ2v) is 46.2. The summed E-state index contributed by atoms with van der Waals surface area (Å²) in [6.45, 7) is 89.7. The lowest BCUT2D eigenvalue weighted by Crippen LogP contribution is -2.34. The first-order valence-electron chi connectivity index (χ1n) is 53.2. The quantitative estimate of drug-likeness (QED) is 0.0445. The highest BCUT2D eigenvalue weighted by molar-refractivity contribution is 7.91. The number of carboxylic acid groups (broad SMARTS) is 1. The minimum Gasteiger partial charge on any atom is -0.480 e. The summed E-state index contributed by atoms with van der Waals surface area (Å²) >= 11 is 0. The van der Waals surface area contributed by atoms with Gasteiger partial charge in [-0.05, 0) is 215 Å². The number of likely N-dealkylation sites (tertiary alicyclic amines) is 3. The second kappa shape index (κ2) is 95.3. The van der Waals surface area contributed by atoms with Gasteiger partial charge in [0.05, 0.1) is 29.1 Å². The number of cyclic esters (lactones) is 2. The maximum atomic E-state index is 12.6. The molecule has 2 amide bonds. The maximum absolute atomic E-state index is 12.6. The van der Waals surface area contributed by atoms with Gasteiger partial charge in [0.25, 0.3) is 0 Å². The number of amides is 2. The molecule has 0 spiro atoms. The van der Waals surface area contributed by atoms with Gasteiger partial charge in [0.15, 0.2) is 19.7 Å². The summed E-state index contributed by atoms with van der Waals surface area (Å²) in [7, 11) is -5.67. The number of sulfone groups is 2. The van der Waals surface area contributed by atoms with E-state index >= 15 is 0 Å². The van der Waals surface area contributed by atoms with Gasteiger partial charge < -0.3 is 51.4 Å². The standard InChI is InChI=1S/C10H19NO2.C10H21N.C9H18FN.2C9H19NO2S.2C8H16FN.2C8H15NO2.9C3H8/c1-8(2)6-9-4-3-5-11(9)7-10(12)13;1-10(2)6-9-11-7-4-3-5-8-11;1-8(2)6-9-4-3-5-11(9)7-10;2*1-7(2)4-8-5-9(6-10-8)13(3,11)12;2*1-6(2)3-8-4-7(9)5-10-8;2*1-5(2)4-7-6(3)11-8(10)9-7;9*1-3-2/h8-9H,3-7H2,1-2H3,(H,12,13);10H,3-9H2,1-2H3;8-9H,3-7H2,1-2H3;2*7-10H,4-6H2,1-3H3;2*6-8,10H,3-5H2,1-2H3;2*5-7H,4H2,1-3H3,(H,9,10);9*3H2,1-2H3/t9-;;9-;8-,9+;8-,9-;7-,8+;7-,8-;6-,7+;6-,7-;;;;;;;;;/m1.1110101........./s1. The highest BCUT2D eigenvalue weighted by Crippen LogP contribution is 2.27. The second-order valence-electron chi connectivity index (χ2n) is 41.6. The van der Waals surface area contributed by atoms with Gasteiger partial charge in [-0.2, -0.15) is 0 Å². The Hall–Kier alpha value is -2.58. The Morgan fingerprint density at radius 3 is 0.862 bits per heavy atom. The summed E-state index contributed by atoms with van der Waals surface area (Å²) in [5.74, 6) is 5.38. The third-order valence-electron chi connectivity index (χ3n) is 20.2. The van der Waals surface area contributed by atoms with Crippen LogP contribution in [0.2, 0.25) is 0 Å². The molecule has 19 nitrogen and oxygen atoms in total. The zero-order valence-electron chi connectivity index (χ0n) is 93.5. The number of ether oxygens (including phenoxy) is 2. The van der Waals surface area contributed by atoms with Gasteiger partial charge in [-0.1, -0.05) is 313 Å². The van der Waals surface area contributed by atoms with Crippen LogP contribution < -0.4 is 31.9 Å². The van der Waals surface area contributed by atoms with Gasteiger partial charge in [0.2, 0.25) is 0 Å². The van der Waals surface area contributed by atoms with Crippen LogP contribution in [0, 0.1) is 53.3 Å². The molecule has 0 radical (unpaired) electrons. The molecule has 0 unspecified atom stereocenters. The largest absolute Gasteiger partial charge is 0.480 e. The Morgan fingerprint density at radius 1 is 0.385 bits per heavy atom. The third-order valence-corrected chi connectivity index (χ3v) is 23.3. The number of carbonyl (C=O) groups is 3. The molecule has 9 saturated heterocycles. The van der Waals surface area contributed by atoms with E-state index in [9.17, 15) is 44.4 Å². The van der Waals surface area contributed by atoms with E-state index in [0.717, 1.165) is 102 Å². The highest BCUT2D eigenvalue weighted by Gasteiger charge is 2.35. The fourth-order valence-electron chi connectivity index (χ4n) is 15.0. The average Bonchev–Trinajstić information content (AvgIpc) is 1.69. The molecule has 9 heterocycles. The minimum absolute atomic E-state index is 0.0323. The number of hydrogen-bond acceptors (Lipinski definition) is 16. The summed E-state index contributed by atoms with van der Waals surface area (Å²) in [5, 5.41) is 26.8. The van der Waals surface area contributed by atoms with Gasteiger partial charge in [-0.15, -0.1) is 0 Å². The van der Waals surface area contributed by atoms with E-state index in [0.29, 0.717) is 110 Å². The van der Waals surface area contributed by atoms with Crippen LogP contribution in [0.15, 0.2) is 0 Å². The molecule has 0 aromatic rings. The number of aliphatic carboxylic acids is 1. The zero-order valence-corrected chi connectivity index (χ0v) is 95.1. The van der Waals surface area contributed by atoms with Crippen LogP contribution in [0.1, 0.15) is 449 Å². The van der Waals surface area contributed by atoms with Crippen molar-refractivity contribution in [3.63, 3.8) is 0 Å². The Labute approximate surface area is 809 Å². The maximum Gasteiger partial charge on any atom is 0.407 e. The molecule has 14 atom stereocenters. The molecule has 130 heavy (non-hydrogen) atoms. The number of alkyl carbamates (subject to hydrolysis) is 2. The van der Waals surface area contributed by atoms with Crippen molar-refractivity contribution in [3.8, 4) is 0 Å². The lowest BCUT2D eigenvalue weighted by Gasteiger charge is -2.26. The van der Waals surface area contributed by atoms with E-state index < -0.39 is 38.0 Å². The van der Waals surface area contributed by atoms with Crippen LogP contribution in [0.5, 0.6) is 0 Å². The van der Waals surface area contributed by atoms with Gasteiger partial charge in [-0.25, -0.2) is 39.6 Å². The smallest absolute Gasteiger partial charge is 0.407 e. The summed E-state index contributed by atoms with van der Waals surface area (Å²) in [6.07, 6.45) is 34.3. The molecule has 9 fully saturated rings. The average molecular weight is 1910 g/mol. The van der Waals surface area contributed by atoms with E-state index in [-0.39, 0.29) is 60.3 Å². The topological polar surface area (TPSA) is 240 Å². The molecule has 0 bridgehead atoms. The molecule has 0 saturated carbocycles. The van der Waals surface area contributed by atoms with E-state index in [1.165, 1.54) is 135 Å². The van der Waals surface area contributed by atoms with Crippen LogP contribution >= 0.6 is 0 Å². The summed E-state index contributed by atoms with van der Waals surface area (Å²) in [4.78, 5) is 38.6. The number of hydrogen-bond donors (Lipinski definition) is 7. The fraction of sp³-hybridized carbons (Fsp3) is 0.972. The van der Waals surface area contributed by atoms with Crippen LogP contribution in [0.4, 0.5) is 22.8 Å². The van der Waals surface area contributed by atoms with Crippen molar-refractivity contribution in [3.05, 3.63) is 0 Å². The molecule has 9 aliphatic heterocycles. The van der Waals surface area contributed by atoms with Crippen molar-refractivity contribution in [1.82, 2.24) is 46.6 Å². The summed E-state index contributed by atoms with van der Waals surface area (Å²) in [5.41, 5.74) is 0. The van der Waals surface area contributed by atoms with E-state index in [1.807, 2.05) is 18.7 Å². The summed E-state index contributed by atoms with van der Waals surface area (Å²) in [6, 6.07) is 3.14. The molecule has 7 N–H and O–H groups in total. The Morgan fingerprint density at radius 2 is 0.646 bits per heavy atom. The SMILES string of the molecule is CC(C)CCN1CCCCC1.CC(C)C[C@@H]1C[C@@H](F)CN1.CC(C)C[C@@H]1C[C@@H](S(C)(=O)=O)CN1.CC(C)C[C@@H]1C[C@H](F)CN1.CC(C)C[C@@H]1C[C@H](S(C)(=O)=O)CN1.CC(C)C[C@H]1CCCN1CC(=O)O.CC(C)C[C@H]1CCCN1CF.CC(C)C[C@H]1NC(=O)O[C@@H]1C.CC(C)C[C@H]1NC(=O)O[C@H]1C.CCC.CCC.CCC.CCC.CCC.CCC.CCC.CCC.CCC. The van der Waals surface area contributed by atoms with Crippen LogP contribution in [-0.4, -0.2) is 223 Å². The van der Waals surface area contributed by atoms with Gasteiger partial charge in [-0.3, -0.25) is 14.6 Å².